The molecule has 0 saturated carbocycles. The third kappa shape index (κ3) is 11.3. The van der Waals surface area contributed by atoms with Gasteiger partial charge in [0.15, 0.2) is 0 Å². The van der Waals surface area contributed by atoms with Gasteiger partial charge < -0.3 is 22.9 Å². The number of nitrogens with two attached hydrogens (primary N) is 4. The standard InChI is InChI=1S/C21H40N6O5S4/c1-33-9-5-13(22)17(28)26(18(29)14(23)6-10-34-2)21(32)27(19(30)15(24)7-11-35-3)20(31)16(25)8-12-36-4/h13-16H,5-12,22-25H2,1-4H3. The summed E-state index contributed by atoms with van der Waals surface area (Å²) in [5.74, 6) is -2.21. The molecule has 208 valence electrons. The predicted octanol–water partition coefficient (Wildman–Crippen LogP) is 0.138. The van der Waals surface area contributed by atoms with Crippen LogP contribution in [-0.2, 0) is 19.2 Å². The molecule has 8 N–H and O–H groups in total. The smallest absolute Gasteiger partial charge is 0.320 e. The van der Waals surface area contributed by atoms with E-state index in [1.165, 1.54) is 47.0 Å². The van der Waals surface area contributed by atoms with Gasteiger partial charge in [-0.25, -0.2) is 4.79 Å². The minimum Gasteiger partial charge on any atom is -0.320 e. The molecule has 0 bridgehead atoms. The molecule has 0 spiro atoms. The molecule has 36 heavy (non-hydrogen) atoms. The van der Waals surface area contributed by atoms with Crippen molar-refractivity contribution in [3.63, 3.8) is 0 Å². The average molecular weight is 585 g/mol. The van der Waals surface area contributed by atoms with Gasteiger partial charge in [-0.1, -0.05) is 0 Å². The Balaban J connectivity index is 6.43. The summed E-state index contributed by atoms with van der Waals surface area (Å²) in [5.41, 5.74) is 23.9. The highest BCUT2D eigenvalue weighted by molar-refractivity contribution is 7.99. The number of rotatable bonds is 16. The molecule has 0 fully saturated rings. The highest BCUT2D eigenvalue weighted by Gasteiger charge is 2.44. The molecule has 6 amide bonds. The Labute approximate surface area is 230 Å². The van der Waals surface area contributed by atoms with Crippen molar-refractivity contribution in [2.45, 2.75) is 49.9 Å². The Kier molecular flexibility index (Phi) is 18.9. The number of nitrogens with zero attached hydrogens (tertiary/aromatic N) is 2. The van der Waals surface area contributed by atoms with Crippen molar-refractivity contribution in [2.24, 2.45) is 22.9 Å². The van der Waals surface area contributed by atoms with E-state index in [0.29, 0.717) is 23.0 Å². The average Bonchev–Trinajstić information content (AvgIpc) is 2.86. The molecule has 15 heteroatoms. The van der Waals surface area contributed by atoms with Crippen LogP contribution in [0.1, 0.15) is 25.7 Å². The van der Waals surface area contributed by atoms with Gasteiger partial charge in [0.1, 0.15) is 0 Å². The van der Waals surface area contributed by atoms with Gasteiger partial charge in [-0.3, -0.25) is 19.2 Å². The van der Waals surface area contributed by atoms with Gasteiger partial charge in [-0.15, -0.1) is 0 Å². The highest BCUT2D eigenvalue weighted by atomic mass is 32.2. The maximum atomic E-state index is 13.6. The fraction of sp³-hybridized carbons (Fsp3) is 0.762. The Morgan fingerprint density at radius 3 is 0.861 bits per heavy atom. The summed E-state index contributed by atoms with van der Waals surface area (Å²) in [6.07, 6.45) is 7.92. The molecule has 0 aliphatic carbocycles. The van der Waals surface area contributed by atoms with E-state index in [0.717, 1.165) is 0 Å². The van der Waals surface area contributed by atoms with Crippen molar-refractivity contribution in [2.75, 3.05) is 48.0 Å². The Hall–Kier alpha value is -0.810. The first-order valence-corrected chi connectivity index (χ1v) is 16.8. The zero-order valence-corrected chi connectivity index (χ0v) is 24.6. The third-order valence-corrected chi connectivity index (χ3v) is 7.64. The predicted molar refractivity (Wildman–Crippen MR) is 153 cm³/mol. The Morgan fingerprint density at radius 1 is 0.500 bits per heavy atom. The van der Waals surface area contributed by atoms with Crippen molar-refractivity contribution >= 4 is 76.7 Å². The number of carbonyl (C=O) groups excluding carboxylic acids is 5. The summed E-state index contributed by atoms with van der Waals surface area (Å²) >= 11 is 5.71. The first kappa shape index (κ1) is 35.2. The SMILES string of the molecule is CSCCC(N)C(=O)N(C(=O)C(N)CCSC)C(=O)N(C(=O)C(N)CCSC)C(=O)C(N)CCSC. The first-order chi connectivity index (χ1) is 17.0. The molecule has 0 aliphatic heterocycles. The maximum absolute atomic E-state index is 13.6. The number of amides is 6. The second kappa shape index (κ2) is 19.3. The van der Waals surface area contributed by atoms with Crippen molar-refractivity contribution in [3.05, 3.63) is 0 Å². The molecule has 0 aliphatic rings. The molecule has 0 radical (unpaired) electrons. The number of carbonyl (C=O) groups is 5. The van der Waals surface area contributed by atoms with Crippen molar-refractivity contribution < 1.29 is 24.0 Å². The van der Waals surface area contributed by atoms with Crippen molar-refractivity contribution in [1.82, 2.24) is 9.80 Å². The second-order valence-electron chi connectivity index (χ2n) is 7.86. The van der Waals surface area contributed by atoms with Gasteiger partial charge in [0.05, 0.1) is 24.2 Å². The lowest BCUT2D eigenvalue weighted by Gasteiger charge is -2.31. The molecule has 0 aromatic carbocycles. The highest BCUT2D eigenvalue weighted by Crippen LogP contribution is 2.15. The van der Waals surface area contributed by atoms with Crippen LogP contribution in [0.25, 0.3) is 0 Å². The van der Waals surface area contributed by atoms with Crippen LogP contribution < -0.4 is 22.9 Å². The van der Waals surface area contributed by atoms with Crippen molar-refractivity contribution in [1.29, 1.82) is 0 Å². The molecule has 4 atom stereocenters. The van der Waals surface area contributed by atoms with Gasteiger partial charge in [-0.2, -0.15) is 56.8 Å². The van der Waals surface area contributed by atoms with E-state index in [-0.39, 0.29) is 35.5 Å². The summed E-state index contributed by atoms with van der Waals surface area (Å²) < 4.78 is 0. The molecular formula is C21H40N6O5S4. The quantitative estimate of drug-likeness (QED) is 0.191. The van der Waals surface area contributed by atoms with Gasteiger partial charge >= 0.3 is 6.03 Å². The lowest BCUT2D eigenvalue weighted by atomic mass is 10.1. The summed E-state index contributed by atoms with van der Waals surface area (Å²) in [7, 11) is 0. The van der Waals surface area contributed by atoms with Gasteiger partial charge in [0, 0.05) is 0 Å². The molecule has 4 unspecified atom stereocenters. The molecule has 0 rings (SSSR count). The normalized spacial score (nSPS) is 14.4. The molecule has 0 aromatic heterocycles. The van der Waals surface area contributed by atoms with Crippen LogP contribution in [0.15, 0.2) is 0 Å². The third-order valence-electron chi connectivity index (χ3n) is 5.06. The van der Waals surface area contributed by atoms with Crippen LogP contribution in [0.4, 0.5) is 4.79 Å². The number of thioether (sulfide) groups is 4. The van der Waals surface area contributed by atoms with Gasteiger partial charge in [0.25, 0.3) is 23.6 Å². The van der Waals surface area contributed by atoms with E-state index in [4.69, 9.17) is 22.9 Å². The monoisotopic (exact) mass is 584 g/mol. The summed E-state index contributed by atoms with van der Waals surface area (Å²) in [5, 5.41) is 0. The molecule has 11 nitrogen and oxygen atoms in total. The van der Waals surface area contributed by atoms with Gasteiger partial charge in [0.2, 0.25) is 0 Å². The van der Waals surface area contributed by atoms with Crippen LogP contribution in [0.2, 0.25) is 0 Å². The van der Waals surface area contributed by atoms with Crippen LogP contribution in [0.3, 0.4) is 0 Å². The van der Waals surface area contributed by atoms with Crippen molar-refractivity contribution in [3.8, 4) is 0 Å². The molecular weight excluding hydrogens is 545 g/mol. The fourth-order valence-corrected chi connectivity index (χ4v) is 4.79. The van der Waals surface area contributed by atoms with E-state index < -0.39 is 53.8 Å². The maximum Gasteiger partial charge on any atom is 0.347 e. The molecule has 0 heterocycles. The first-order valence-electron chi connectivity index (χ1n) is 11.3. The van der Waals surface area contributed by atoms with Crippen LogP contribution in [0, 0.1) is 0 Å². The van der Waals surface area contributed by atoms with Crippen LogP contribution >= 0.6 is 47.0 Å². The number of hydrogen-bond acceptors (Lipinski definition) is 13. The van der Waals surface area contributed by atoms with E-state index in [1.807, 2.05) is 25.0 Å². The van der Waals surface area contributed by atoms with E-state index in [2.05, 4.69) is 0 Å². The minimum atomic E-state index is -1.45. The van der Waals surface area contributed by atoms with E-state index in [9.17, 15) is 24.0 Å². The molecule has 0 aromatic rings. The number of urea groups is 1. The number of imide groups is 6. The summed E-state index contributed by atoms with van der Waals surface area (Å²) in [6.45, 7) is 0. The van der Waals surface area contributed by atoms with E-state index in [1.54, 1.807) is 0 Å². The molecule has 0 saturated heterocycles. The topological polar surface area (TPSA) is 196 Å². The zero-order valence-electron chi connectivity index (χ0n) is 21.3. The summed E-state index contributed by atoms with van der Waals surface area (Å²) in [6, 6.07) is -6.33. The Bertz CT molecular complexity index is 638. The lowest BCUT2D eigenvalue weighted by Crippen LogP contribution is -2.63. The van der Waals surface area contributed by atoms with E-state index >= 15 is 0 Å². The minimum absolute atomic E-state index is 0.166. The Morgan fingerprint density at radius 2 is 0.694 bits per heavy atom. The largest absolute Gasteiger partial charge is 0.347 e. The lowest BCUT2D eigenvalue weighted by molar-refractivity contribution is -0.147. The number of hydrogen-bond donors (Lipinski definition) is 4. The zero-order chi connectivity index (χ0) is 27.8. The second-order valence-corrected chi connectivity index (χ2v) is 11.8. The van der Waals surface area contributed by atoms with Crippen LogP contribution in [-0.4, -0.2) is 112 Å². The van der Waals surface area contributed by atoms with Gasteiger partial charge in [-0.05, 0) is 73.7 Å². The van der Waals surface area contributed by atoms with Crippen LogP contribution in [0.5, 0.6) is 0 Å². The summed E-state index contributed by atoms with van der Waals surface area (Å²) in [4.78, 5) is 67.0. The fourth-order valence-electron chi connectivity index (χ4n) is 2.83.